The number of piperidine rings is 1. The average Bonchev–Trinajstić information content (AvgIpc) is 2.62. The fourth-order valence-corrected chi connectivity index (χ4v) is 4.79. The number of hydrogen-bond acceptors (Lipinski definition) is 5. The highest BCUT2D eigenvalue weighted by atomic mass is 35.5. The van der Waals surface area contributed by atoms with E-state index in [1.165, 1.54) is 32.2 Å². The van der Waals surface area contributed by atoms with Crippen LogP contribution < -0.4 is 4.31 Å². The average molecular weight is 437 g/mol. The van der Waals surface area contributed by atoms with Gasteiger partial charge in [-0.1, -0.05) is 23.2 Å². The minimum atomic E-state index is -3.80. The summed E-state index contributed by atoms with van der Waals surface area (Å²) < 4.78 is 30.5. The summed E-state index contributed by atoms with van der Waals surface area (Å²) in [6.07, 6.45) is 1.96. The third-order valence-corrected chi connectivity index (χ3v) is 6.34. The van der Waals surface area contributed by atoms with Crippen molar-refractivity contribution in [2.75, 3.05) is 30.8 Å². The van der Waals surface area contributed by atoms with Crippen molar-refractivity contribution < 1.29 is 22.7 Å². The van der Waals surface area contributed by atoms with Gasteiger partial charge in [-0.25, -0.2) is 8.42 Å². The van der Waals surface area contributed by atoms with E-state index in [1.54, 1.807) is 4.90 Å². The summed E-state index contributed by atoms with van der Waals surface area (Å²) in [4.78, 5) is 26.1. The van der Waals surface area contributed by atoms with Crippen LogP contribution >= 0.6 is 23.2 Å². The summed E-state index contributed by atoms with van der Waals surface area (Å²) in [5.74, 6) is -0.902. The maximum atomic E-state index is 12.9. The number of methoxy groups -OCH3 is 1. The number of halogens is 2. The number of carbonyl (C=O) groups excluding carboxylic acids is 2. The molecular formula is C17H22Cl2N2O5S. The van der Waals surface area contributed by atoms with E-state index in [4.69, 9.17) is 27.9 Å². The maximum absolute atomic E-state index is 12.9. The second-order valence-electron chi connectivity index (χ2n) is 6.45. The van der Waals surface area contributed by atoms with Crippen molar-refractivity contribution in [2.24, 2.45) is 5.92 Å². The molecule has 1 aliphatic rings. The van der Waals surface area contributed by atoms with Crippen molar-refractivity contribution in [3.8, 4) is 0 Å². The minimum absolute atomic E-state index is 0.150. The zero-order valence-electron chi connectivity index (χ0n) is 15.3. The SMILES string of the molecule is COC(=O)C1CCN(C(=O)[C@H](C)N(c2cc(Cl)ccc2Cl)S(C)(=O)=O)CC1. The Bertz CT molecular complexity index is 823. The Morgan fingerprint density at radius 2 is 1.85 bits per heavy atom. The van der Waals surface area contributed by atoms with Crippen LogP contribution in [0.3, 0.4) is 0 Å². The van der Waals surface area contributed by atoms with Crippen molar-refractivity contribution >= 4 is 50.8 Å². The maximum Gasteiger partial charge on any atom is 0.308 e. The molecule has 0 radical (unpaired) electrons. The van der Waals surface area contributed by atoms with Crippen LogP contribution in [0.15, 0.2) is 18.2 Å². The lowest BCUT2D eigenvalue weighted by Crippen LogP contribution is -2.51. The van der Waals surface area contributed by atoms with E-state index >= 15 is 0 Å². The van der Waals surface area contributed by atoms with Gasteiger partial charge in [0.25, 0.3) is 0 Å². The highest BCUT2D eigenvalue weighted by Crippen LogP contribution is 2.33. The van der Waals surface area contributed by atoms with Crippen LogP contribution in [-0.2, 0) is 24.3 Å². The van der Waals surface area contributed by atoms with Gasteiger partial charge in [0.1, 0.15) is 6.04 Å². The number of anilines is 1. The lowest BCUT2D eigenvalue weighted by atomic mass is 9.96. The lowest BCUT2D eigenvalue weighted by molar-refractivity contribution is -0.149. The van der Waals surface area contributed by atoms with Gasteiger partial charge in [-0.15, -0.1) is 0 Å². The Hall–Kier alpha value is -1.51. The highest BCUT2D eigenvalue weighted by molar-refractivity contribution is 7.92. The summed E-state index contributed by atoms with van der Waals surface area (Å²) in [7, 11) is -2.47. The van der Waals surface area contributed by atoms with Crippen molar-refractivity contribution in [3.63, 3.8) is 0 Å². The van der Waals surface area contributed by atoms with Gasteiger partial charge in [-0.2, -0.15) is 0 Å². The van der Waals surface area contributed by atoms with Crippen LogP contribution in [0, 0.1) is 5.92 Å². The van der Waals surface area contributed by atoms with Crippen molar-refractivity contribution in [1.82, 2.24) is 4.90 Å². The molecule has 1 aromatic carbocycles. The van der Waals surface area contributed by atoms with E-state index in [2.05, 4.69) is 0 Å². The van der Waals surface area contributed by atoms with E-state index in [0.717, 1.165) is 10.6 Å². The first kappa shape index (κ1) is 21.8. The molecule has 2 rings (SSSR count). The summed E-state index contributed by atoms with van der Waals surface area (Å²) >= 11 is 12.1. The molecule has 7 nitrogen and oxygen atoms in total. The van der Waals surface area contributed by atoms with Crippen molar-refractivity contribution in [3.05, 3.63) is 28.2 Å². The molecule has 0 spiro atoms. The summed E-state index contributed by atoms with van der Waals surface area (Å²) in [5, 5.41) is 0.482. The van der Waals surface area contributed by atoms with E-state index in [-0.39, 0.29) is 28.5 Å². The van der Waals surface area contributed by atoms with E-state index in [0.29, 0.717) is 31.0 Å². The molecule has 1 saturated heterocycles. The van der Waals surface area contributed by atoms with Crippen LogP contribution in [0.2, 0.25) is 10.0 Å². The first-order valence-electron chi connectivity index (χ1n) is 8.37. The Kier molecular flexibility index (Phi) is 6.99. The van der Waals surface area contributed by atoms with Gasteiger partial charge < -0.3 is 9.64 Å². The summed E-state index contributed by atoms with van der Waals surface area (Å²) in [6, 6.07) is 3.43. The summed E-state index contributed by atoms with van der Waals surface area (Å²) in [5.41, 5.74) is 0.150. The summed E-state index contributed by atoms with van der Waals surface area (Å²) in [6.45, 7) is 2.21. The third kappa shape index (κ3) is 5.06. The standard InChI is InChI=1S/C17H22Cl2N2O5S/c1-11(16(22)20-8-6-12(7-9-20)17(23)26-2)21(27(3,24)25)15-10-13(18)4-5-14(15)19/h4-5,10-12H,6-9H2,1-3H3/t11-/m0/s1. The van der Waals surface area contributed by atoms with E-state index in [9.17, 15) is 18.0 Å². The second-order valence-corrected chi connectivity index (χ2v) is 9.16. The molecule has 0 saturated carbocycles. The smallest absolute Gasteiger partial charge is 0.308 e. The van der Waals surface area contributed by atoms with Gasteiger partial charge >= 0.3 is 5.97 Å². The highest BCUT2D eigenvalue weighted by Gasteiger charge is 2.35. The minimum Gasteiger partial charge on any atom is -0.469 e. The number of sulfonamides is 1. The van der Waals surface area contributed by atoms with Crippen LogP contribution in [0.1, 0.15) is 19.8 Å². The number of nitrogens with zero attached hydrogens (tertiary/aromatic N) is 2. The van der Waals surface area contributed by atoms with Gasteiger partial charge in [0.05, 0.1) is 30.0 Å². The molecule has 0 aliphatic carbocycles. The molecule has 1 aromatic rings. The van der Waals surface area contributed by atoms with Gasteiger partial charge in [-0.05, 0) is 38.0 Å². The molecule has 0 bridgehead atoms. The normalized spacial score (nSPS) is 16.7. The van der Waals surface area contributed by atoms with Crippen LogP contribution in [0.4, 0.5) is 5.69 Å². The number of ether oxygens (including phenoxy) is 1. The molecule has 0 aromatic heterocycles. The van der Waals surface area contributed by atoms with E-state index in [1.807, 2.05) is 0 Å². The lowest BCUT2D eigenvalue weighted by Gasteiger charge is -2.36. The fraction of sp³-hybridized carbons (Fsp3) is 0.529. The van der Waals surface area contributed by atoms with Crippen molar-refractivity contribution in [1.29, 1.82) is 0 Å². The Balaban J connectivity index is 2.24. The number of rotatable bonds is 5. The number of hydrogen-bond donors (Lipinski definition) is 0. The molecule has 1 heterocycles. The zero-order chi connectivity index (χ0) is 20.4. The number of carbonyl (C=O) groups is 2. The Morgan fingerprint density at radius 3 is 2.37 bits per heavy atom. The molecule has 0 unspecified atom stereocenters. The quantitative estimate of drug-likeness (QED) is 0.662. The monoisotopic (exact) mass is 436 g/mol. The van der Waals surface area contributed by atoms with Gasteiger partial charge in [0.15, 0.2) is 0 Å². The first-order chi connectivity index (χ1) is 12.6. The molecule has 1 amide bonds. The topological polar surface area (TPSA) is 84.0 Å². The first-order valence-corrected chi connectivity index (χ1v) is 11.0. The van der Waals surface area contributed by atoms with Crippen LogP contribution in [0.5, 0.6) is 0 Å². The van der Waals surface area contributed by atoms with Gasteiger partial charge in [-0.3, -0.25) is 13.9 Å². The molecular weight excluding hydrogens is 415 g/mol. The fourth-order valence-electron chi connectivity index (χ4n) is 3.20. The number of amides is 1. The van der Waals surface area contributed by atoms with Gasteiger partial charge in [0, 0.05) is 18.1 Å². The van der Waals surface area contributed by atoms with Crippen LogP contribution in [-0.4, -0.2) is 57.7 Å². The molecule has 1 fully saturated rings. The predicted molar refractivity (Wildman–Crippen MR) is 105 cm³/mol. The largest absolute Gasteiger partial charge is 0.469 e. The Morgan fingerprint density at radius 1 is 1.26 bits per heavy atom. The second kappa shape index (κ2) is 8.67. The van der Waals surface area contributed by atoms with Crippen LogP contribution in [0.25, 0.3) is 0 Å². The molecule has 1 atom stereocenters. The van der Waals surface area contributed by atoms with Gasteiger partial charge in [0.2, 0.25) is 15.9 Å². The molecule has 150 valence electrons. The Labute approximate surface area is 169 Å². The van der Waals surface area contributed by atoms with E-state index < -0.39 is 16.1 Å². The number of benzene rings is 1. The van der Waals surface area contributed by atoms with Crippen molar-refractivity contribution in [2.45, 2.75) is 25.8 Å². The number of esters is 1. The zero-order valence-corrected chi connectivity index (χ0v) is 17.6. The predicted octanol–water partition coefficient (Wildman–Crippen LogP) is 2.56. The number of likely N-dealkylation sites (tertiary alicyclic amines) is 1. The molecule has 1 aliphatic heterocycles. The third-order valence-electron chi connectivity index (χ3n) is 4.55. The molecule has 0 N–H and O–H groups in total. The molecule has 10 heteroatoms. The molecule has 27 heavy (non-hydrogen) atoms.